The van der Waals surface area contributed by atoms with Gasteiger partial charge in [-0.3, -0.25) is 5.10 Å². The van der Waals surface area contributed by atoms with Gasteiger partial charge in [-0.05, 0) is 29.9 Å². The van der Waals surface area contributed by atoms with Crippen LogP contribution in [0.15, 0.2) is 29.4 Å². The summed E-state index contributed by atoms with van der Waals surface area (Å²) in [6.45, 7) is 4.12. The van der Waals surface area contributed by atoms with Gasteiger partial charge in [0.1, 0.15) is 0 Å². The van der Waals surface area contributed by atoms with E-state index < -0.39 is 0 Å². The number of nitrogens with zero attached hydrogens (tertiary/aromatic N) is 4. The molecule has 5 nitrogen and oxygen atoms in total. The van der Waals surface area contributed by atoms with Crippen LogP contribution in [0.1, 0.15) is 31.2 Å². The number of aromatic amines is 1. The van der Waals surface area contributed by atoms with Gasteiger partial charge in [-0.15, -0.1) is 0 Å². The van der Waals surface area contributed by atoms with Crippen LogP contribution in [0.3, 0.4) is 0 Å². The second-order valence-corrected chi connectivity index (χ2v) is 5.47. The van der Waals surface area contributed by atoms with Crippen LogP contribution in [0.4, 0.5) is 5.69 Å². The summed E-state index contributed by atoms with van der Waals surface area (Å²) < 4.78 is 2.18. The SMILES string of the molecule is CC(C)c1n[nH]c(=S)n1/N=C\c1ccc(N(C)C)cc1. The van der Waals surface area contributed by atoms with Crippen LogP contribution in [-0.4, -0.2) is 35.2 Å². The fraction of sp³-hybridized carbons (Fsp3) is 0.357. The third-order valence-corrected chi connectivity index (χ3v) is 3.19. The normalized spacial score (nSPS) is 11.4. The van der Waals surface area contributed by atoms with Crippen molar-refractivity contribution < 1.29 is 0 Å². The van der Waals surface area contributed by atoms with E-state index in [9.17, 15) is 0 Å². The molecule has 0 amide bonds. The quantitative estimate of drug-likeness (QED) is 0.695. The van der Waals surface area contributed by atoms with Gasteiger partial charge in [0.15, 0.2) is 5.82 Å². The average Bonchev–Trinajstić information content (AvgIpc) is 2.78. The van der Waals surface area contributed by atoms with E-state index in [1.54, 1.807) is 10.9 Å². The molecule has 6 heteroatoms. The van der Waals surface area contributed by atoms with E-state index in [1.807, 2.05) is 26.2 Å². The van der Waals surface area contributed by atoms with Crippen molar-refractivity contribution in [3.63, 3.8) is 0 Å². The first-order valence-corrected chi connectivity index (χ1v) is 6.89. The van der Waals surface area contributed by atoms with Crippen LogP contribution in [0, 0.1) is 4.77 Å². The van der Waals surface area contributed by atoms with E-state index in [-0.39, 0.29) is 5.92 Å². The Bertz CT molecular complexity index is 649. The van der Waals surface area contributed by atoms with E-state index in [2.05, 4.69) is 46.2 Å². The van der Waals surface area contributed by atoms with E-state index in [4.69, 9.17) is 12.2 Å². The monoisotopic (exact) mass is 289 g/mol. The number of anilines is 1. The van der Waals surface area contributed by atoms with Crippen LogP contribution in [0.25, 0.3) is 0 Å². The number of aromatic nitrogens is 3. The molecule has 2 rings (SSSR count). The number of hydrogen-bond acceptors (Lipinski definition) is 4. The summed E-state index contributed by atoms with van der Waals surface area (Å²) >= 11 is 5.19. The average molecular weight is 289 g/mol. The van der Waals surface area contributed by atoms with E-state index in [0.717, 1.165) is 17.1 Å². The van der Waals surface area contributed by atoms with Crippen molar-refractivity contribution in [2.45, 2.75) is 19.8 Å². The van der Waals surface area contributed by atoms with Crippen molar-refractivity contribution in [1.29, 1.82) is 0 Å². The molecule has 20 heavy (non-hydrogen) atoms. The minimum atomic E-state index is 0.260. The highest BCUT2D eigenvalue weighted by atomic mass is 32.1. The van der Waals surface area contributed by atoms with Crippen molar-refractivity contribution in [1.82, 2.24) is 14.9 Å². The molecule has 0 radical (unpaired) electrons. The molecular formula is C14H19N5S. The Labute approximate surface area is 123 Å². The predicted octanol–water partition coefficient (Wildman–Crippen LogP) is 3.01. The fourth-order valence-electron chi connectivity index (χ4n) is 1.77. The molecular weight excluding hydrogens is 270 g/mol. The third kappa shape index (κ3) is 3.14. The standard InChI is InChI=1S/C14H19N5S/c1-10(2)13-16-17-14(20)19(13)15-9-11-5-7-12(8-6-11)18(3)4/h5-10H,1-4H3,(H,17,20)/b15-9-. The van der Waals surface area contributed by atoms with Crippen molar-refractivity contribution in [3.8, 4) is 0 Å². The van der Waals surface area contributed by atoms with Gasteiger partial charge in [0.2, 0.25) is 4.77 Å². The molecule has 1 N–H and O–H groups in total. The van der Waals surface area contributed by atoms with Gasteiger partial charge < -0.3 is 4.90 Å². The highest BCUT2D eigenvalue weighted by Crippen LogP contribution is 2.13. The Kier molecular flexibility index (Phi) is 4.34. The Morgan fingerprint density at radius 2 is 1.95 bits per heavy atom. The zero-order valence-electron chi connectivity index (χ0n) is 12.2. The number of hydrogen-bond donors (Lipinski definition) is 1. The molecule has 2 aromatic rings. The molecule has 0 aliphatic heterocycles. The molecule has 0 fully saturated rings. The molecule has 0 saturated carbocycles. The molecule has 0 spiro atoms. The van der Waals surface area contributed by atoms with Gasteiger partial charge in [-0.25, -0.2) is 0 Å². The first-order chi connectivity index (χ1) is 9.49. The van der Waals surface area contributed by atoms with Gasteiger partial charge in [0, 0.05) is 25.7 Å². The molecule has 0 atom stereocenters. The van der Waals surface area contributed by atoms with Gasteiger partial charge in [-0.2, -0.15) is 14.9 Å². The zero-order valence-corrected chi connectivity index (χ0v) is 13.0. The number of benzene rings is 1. The zero-order chi connectivity index (χ0) is 14.7. The van der Waals surface area contributed by atoms with E-state index in [1.165, 1.54) is 0 Å². The van der Waals surface area contributed by atoms with Crippen molar-refractivity contribution in [2.24, 2.45) is 5.10 Å². The van der Waals surface area contributed by atoms with Gasteiger partial charge in [0.05, 0.1) is 6.21 Å². The lowest BCUT2D eigenvalue weighted by Crippen LogP contribution is -2.08. The van der Waals surface area contributed by atoms with Crippen molar-refractivity contribution in [2.75, 3.05) is 19.0 Å². The van der Waals surface area contributed by atoms with Crippen molar-refractivity contribution >= 4 is 24.1 Å². The minimum absolute atomic E-state index is 0.260. The fourth-order valence-corrected chi connectivity index (χ4v) is 1.96. The van der Waals surface area contributed by atoms with Crippen LogP contribution in [0.2, 0.25) is 0 Å². The number of rotatable bonds is 4. The second kappa shape index (κ2) is 6.00. The third-order valence-electron chi connectivity index (χ3n) is 2.92. The van der Waals surface area contributed by atoms with E-state index in [0.29, 0.717) is 4.77 Å². The Hall–Kier alpha value is -1.95. The molecule has 106 valence electrons. The van der Waals surface area contributed by atoms with Crippen LogP contribution < -0.4 is 4.90 Å². The summed E-state index contributed by atoms with van der Waals surface area (Å²) in [6, 6.07) is 8.16. The highest BCUT2D eigenvalue weighted by Gasteiger charge is 2.08. The smallest absolute Gasteiger partial charge is 0.216 e. The lowest BCUT2D eigenvalue weighted by atomic mass is 10.2. The molecule has 1 aromatic heterocycles. The Balaban J connectivity index is 2.25. The maximum Gasteiger partial charge on any atom is 0.216 e. The molecule has 0 saturated heterocycles. The lowest BCUT2D eigenvalue weighted by molar-refractivity contribution is 0.695. The maximum absolute atomic E-state index is 5.19. The van der Waals surface area contributed by atoms with E-state index >= 15 is 0 Å². The van der Waals surface area contributed by atoms with Crippen LogP contribution in [-0.2, 0) is 0 Å². The summed E-state index contributed by atoms with van der Waals surface area (Å²) in [4.78, 5) is 2.06. The minimum Gasteiger partial charge on any atom is -0.378 e. The largest absolute Gasteiger partial charge is 0.378 e. The summed E-state index contributed by atoms with van der Waals surface area (Å²) in [5.74, 6) is 1.09. The first-order valence-electron chi connectivity index (χ1n) is 6.48. The summed E-state index contributed by atoms with van der Waals surface area (Å²) in [6.07, 6.45) is 1.79. The summed E-state index contributed by atoms with van der Waals surface area (Å²) in [5, 5.41) is 11.4. The second-order valence-electron chi connectivity index (χ2n) is 5.08. The molecule has 1 aromatic carbocycles. The predicted molar refractivity (Wildman–Crippen MR) is 85.3 cm³/mol. The van der Waals surface area contributed by atoms with Crippen LogP contribution >= 0.6 is 12.2 Å². The maximum atomic E-state index is 5.19. The summed E-state index contributed by atoms with van der Waals surface area (Å²) in [7, 11) is 4.03. The van der Waals surface area contributed by atoms with Gasteiger partial charge in [0.25, 0.3) is 0 Å². The number of H-pyrrole nitrogens is 1. The molecule has 0 unspecified atom stereocenters. The molecule has 0 bridgehead atoms. The Morgan fingerprint density at radius 3 is 2.50 bits per heavy atom. The highest BCUT2D eigenvalue weighted by molar-refractivity contribution is 7.71. The molecule has 0 aliphatic carbocycles. The number of nitrogens with one attached hydrogen (secondary N) is 1. The van der Waals surface area contributed by atoms with Gasteiger partial charge >= 0.3 is 0 Å². The van der Waals surface area contributed by atoms with Gasteiger partial charge in [-0.1, -0.05) is 26.0 Å². The summed E-state index contributed by atoms with van der Waals surface area (Å²) in [5.41, 5.74) is 2.18. The molecule has 1 heterocycles. The van der Waals surface area contributed by atoms with Crippen LogP contribution in [0.5, 0.6) is 0 Å². The lowest BCUT2D eigenvalue weighted by Gasteiger charge is -2.11. The first kappa shape index (κ1) is 14.5. The molecule has 0 aliphatic rings. The Morgan fingerprint density at radius 1 is 1.30 bits per heavy atom. The topological polar surface area (TPSA) is 49.2 Å². The van der Waals surface area contributed by atoms with Crippen molar-refractivity contribution in [3.05, 3.63) is 40.4 Å².